The van der Waals surface area contributed by atoms with Gasteiger partial charge in [0.15, 0.2) is 0 Å². The van der Waals surface area contributed by atoms with E-state index in [4.69, 9.17) is 4.74 Å². The molecule has 0 fully saturated rings. The van der Waals surface area contributed by atoms with Crippen LogP contribution in [-0.2, 0) is 4.79 Å². The zero-order valence-electron chi connectivity index (χ0n) is 14.6. The number of hydrogen-bond acceptors (Lipinski definition) is 4. The minimum Gasteiger partial charge on any atom is -0.426 e. The standard InChI is InChI=1S/C22H15N3O2/c1-14(26)27-21-11-10-15-6-2-3-7-17(15)18(21)12-16(13-23)22-24-19-8-4-5-9-20(19)25-22/h2-12H,1H3,(H,24,25)/b16-12+. The van der Waals surface area contributed by atoms with Gasteiger partial charge < -0.3 is 9.72 Å². The van der Waals surface area contributed by atoms with Gasteiger partial charge in [0.25, 0.3) is 0 Å². The summed E-state index contributed by atoms with van der Waals surface area (Å²) in [7, 11) is 0. The van der Waals surface area contributed by atoms with E-state index in [0.717, 1.165) is 21.8 Å². The number of benzene rings is 3. The first-order valence-electron chi connectivity index (χ1n) is 8.43. The first-order chi connectivity index (χ1) is 13.2. The van der Waals surface area contributed by atoms with Crippen molar-refractivity contribution in [1.29, 1.82) is 5.26 Å². The molecule has 27 heavy (non-hydrogen) atoms. The number of H-pyrrole nitrogens is 1. The smallest absolute Gasteiger partial charge is 0.308 e. The van der Waals surface area contributed by atoms with Gasteiger partial charge >= 0.3 is 5.97 Å². The van der Waals surface area contributed by atoms with Crippen molar-refractivity contribution >= 4 is 39.4 Å². The maximum absolute atomic E-state index is 11.5. The molecule has 130 valence electrons. The fourth-order valence-corrected chi connectivity index (χ4v) is 3.05. The minimum atomic E-state index is -0.415. The van der Waals surface area contributed by atoms with Crippen LogP contribution in [0.3, 0.4) is 0 Å². The highest BCUT2D eigenvalue weighted by molar-refractivity contribution is 6.00. The summed E-state index contributed by atoms with van der Waals surface area (Å²) in [6.45, 7) is 1.35. The fraction of sp³-hybridized carbons (Fsp3) is 0.0455. The molecule has 0 saturated heterocycles. The summed E-state index contributed by atoms with van der Waals surface area (Å²) in [5.74, 6) is 0.465. The predicted octanol–water partition coefficient (Wildman–Crippen LogP) is 4.71. The number of nitrogens with zero attached hydrogens (tertiary/aromatic N) is 2. The highest BCUT2D eigenvalue weighted by atomic mass is 16.5. The molecule has 1 aromatic heterocycles. The van der Waals surface area contributed by atoms with E-state index in [1.165, 1.54) is 6.92 Å². The minimum absolute atomic E-state index is 0.357. The Morgan fingerprint density at radius 3 is 2.67 bits per heavy atom. The van der Waals surface area contributed by atoms with Crippen molar-refractivity contribution in [3.63, 3.8) is 0 Å². The van der Waals surface area contributed by atoms with Gasteiger partial charge in [0, 0.05) is 12.5 Å². The molecule has 0 saturated carbocycles. The van der Waals surface area contributed by atoms with Gasteiger partial charge in [0.2, 0.25) is 0 Å². The average molecular weight is 353 g/mol. The fourth-order valence-electron chi connectivity index (χ4n) is 3.05. The summed E-state index contributed by atoms with van der Waals surface area (Å²) in [6.07, 6.45) is 1.71. The van der Waals surface area contributed by atoms with Crippen LogP contribution >= 0.6 is 0 Å². The second-order valence-corrected chi connectivity index (χ2v) is 6.06. The molecule has 3 aromatic carbocycles. The summed E-state index contributed by atoms with van der Waals surface area (Å²) >= 11 is 0. The molecule has 0 aliphatic rings. The van der Waals surface area contributed by atoms with E-state index >= 15 is 0 Å². The second-order valence-electron chi connectivity index (χ2n) is 6.06. The number of nitriles is 1. The third-order valence-electron chi connectivity index (χ3n) is 4.24. The Labute approximate surface area is 155 Å². The van der Waals surface area contributed by atoms with E-state index < -0.39 is 5.97 Å². The van der Waals surface area contributed by atoms with Crippen molar-refractivity contribution in [2.75, 3.05) is 0 Å². The van der Waals surface area contributed by atoms with Crippen LogP contribution < -0.4 is 4.74 Å². The van der Waals surface area contributed by atoms with Crippen molar-refractivity contribution in [2.24, 2.45) is 0 Å². The van der Waals surface area contributed by atoms with Crippen LogP contribution in [0.15, 0.2) is 60.7 Å². The summed E-state index contributed by atoms with van der Waals surface area (Å²) < 4.78 is 5.37. The number of ether oxygens (including phenoxy) is 1. The number of carbonyl (C=O) groups is 1. The van der Waals surface area contributed by atoms with Crippen molar-refractivity contribution in [3.05, 3.63) is 72.1 Å². The Hall–Kier alpha value is -3.91. The highest BCUT2D eigenvalue weighted by Crippen LogP contribution is 2.32. The summed E-state index contributed by atoms with van der Waals surface area (Å²) in [5.41, 5.74) is 2.66. The molecule has 0 amide bonds. The number of aromatic nitrogens is 2. The van der Waals surface area contributed by atoms with E-state index in [2.05, 4.69) is 16.0 Å². The number of imidazole rings is 1. The lowest BCUT2D eigenvalue weighted by Gasteiger charge is -2.10. The van der Waals surface area contributed by atoms with Gasteiger partial charge in [-0.3, -0.25) is 4.79 Å². The van der Waals surface area contributed by atoms with Crippen molar-refractivity contribution in [3.8, 4) is 11.8 Å². The van der Waals surface area contributed by atoms with Crippen LogP contribution in [0.2, 0.25) is 0 Å². The van der Waals surface area contributed by atoms with Gasteiger partial charge in [0.1, 0.15) is 17.6 Å². The lowest BCUT2D eigenvalue weighted by Crippen LogP contribution is -2.03. The summed E-state index contributed by atoms with van der Waals surface area (Å²) in [6, 6.07) is 21.2. The number of esters is 1. The number of aromatic amines is 1. The molecule has 5 nitrogen and oxygen atoms in total. The third-order valence-corrected chi connectivity index (χ3v) is 4.24. The predicted molar refractivity (Wildman–Crippen MR) is 105 cm³/mol. The number of fused-ring (bicyclic) bond motifs is 2. The van der Waals surface area contributed by atoms with Gasteiger partial charge in [-0.05, 0) is 35.0 Å². The quantitative estimate of drug-likeness (QED) is 0.329. The first kappa shape index (κ1) is 16.6. The number of para-hydroxylation sites is 2. The second kappa shape index (κ2) is 6.77. The third kappa shape index (κ3) is 3.16. The SMILES string of the molecule is CC(=O)Oc1ccc2ccccc2c1/C=C(\C#N)c1nc2ccccc2[nH]1. The molecule has 0 bridgehead atoms. The van der Waals surface area contributed by atoms with E-state index in [9.17, 15) is 10.1 Å². The van der Waals surface area contributed by atoms with Gasteiger partial charge in [-0.2, -0.15) is 5.26 Å². The van der Waals surface area contributed by atoms with E-state index in [1.807, 2.05) is 54.6 Å². The maximum atomic E-state index is 11.5. The Balaban J connectivity index is 1.93. The molecule has 0 atom stereocenters. The Morgan fingerprint density at radius 2 is 1.89 bits per heavy atom. The molecule has 4 rings (SSSR count). The molecule has 0 aliphatic heterocycles. The molecule has 0 spiro atoms. The molecular formula is C22H15N3O2. The van der Waals surface area contributed by atoms with Crippen LogP contribution in [0.25, 0.3) is 33.5 Å². The largest absolute Gasteiger partial charge is 0.426 e. The zero-order chi connectivity index (χ0) is 18.8. The van der Waals surface area contributed by atoms with Crippen LogP contribution in [0, 0.1) is 11.3 Å². The molecular weight excluding hydrogens is 338 g/mol. The Morgan fingerprint density at radius 1 is 1.11 bits per heavy atom. The maximum Gasteiger partial charge on any atom is 0.308 e. The van der Waals surface area contributed by atoms with Crippen LogP contribution in [0.1, 0.15) is 18.3 Å². The van der Waals surface area contributed by atoms with E-state index in [1.54, 1.807) is 12.1 Å². The van der Waals surface area contributed by atoms with Gasteiger partial charge in [0.05, 0.1) is 16.6 Å². The normalized spacial score (nSPS) is 11.5. The molecule has 0 unspecified atom stereocenters. The van der Waals surface area contributed by atoms with Crippen LogP contribution in [0.4, 0.5) is 0 Å². The molecule has 4 aromatic rings. The first-order valence-corrected chi connectivity index (χ1v) is 8.43. The lowest BCUT2D eigenvalue weighted by atomic mass is 10.0. The van der Waals surface area contributed by atoms with Crippen molar-refractivity contribution in [2.45, 2.75) is 6.92 Å². The van der Waals surface area contributed by atoms with Crippen LogP contribution in [0.5, 0.6) is 5.75 Å². The van der Waals surface area contributed by atoms with Gasteiger partial charge in [-0.15, -0.1) is 0 Å². The van der Waals surface area contributed by atoms with Crippen molar-refractivity contribution in [1.82, 2.24) is 9.97 Å². The molecule has 1 N–H and O–H groups in total. The molecule has 5 heteroatoms. The average Bonchev–Trinajstić information content (AvgIpc) is 3.10. The van der Waals surface area contributed by atoms with E-state index in [-0.39, 0.29) is 0 Å². The van der Waals surface area contributed by atoms with Crippen LogP contribution in [-0.4, -0.2) is 15.9 Å². The van der Waals surface area contributed by atoms with Gasteiger partial charge in [-0.1, -0.05) is 42.5 Å². The number of allylic oxidation sites excluding steroid dienone is 1. The monoisotopic (exact) mass is 353 g/mol. The Kier molecular flexibility index (Phi) is 4.15. The van der Waals surface area contributed by atoms with Crippen molar-refractivity contribution < 1.29 is 9.53 Å². The molecule has 1 heterocycles. The van der Waals surface area contributed by atoms with Gasteiger partial charge in [-0.25, -0.2) is 4.98 Å². The summed E-state index contributed by atoms with van der Waals surface area (Å²) in [4.78, 5) is 19.2. The lowest BCUT2D eigenvalue weighted by molar-refractivity contribution is -0.131. The summed E-state index contributed by atoms with van der Waals surface area (Å²) in [5, 5.41) is 11.6. The topological polar surface area (TPSA) is 78.8 Å². The number of hydrogen-bond donors (Lipinski definition) is 1. The number of nitrogens with one attached hydrogen (secondary N) is 1. The highest BCUT2D eigenvalue weighted by Gasteiger charge is 2.13. The number of carbonyl (C=O) groups excluding carboxylic acids is 1. The zero-order valence-corrected chi connectivity index (χ0v) is 14.6. The Bertz CT molecular complexity index is 1210. The molecule has 0 aliphatic carbocycles. The van der Waals surface area contributed by atoms with E-state index in [0.29, 0.717) is 22.7 Å². The molecule has 0 radical (unpaired) electrons. The number of rotatable bonds is 3.